The third-order valence-electron chi connectivity index (χ3n) is 4.81. The summed E-state index contributed by atoms with van der Waals surface area (Å²) in [5.74, 6) is -1.43. The van der Waals surface area contributed by atoms with Crippen LogP contribution >= 0.6 is 0 Å². The number of benzene rings is 1. The molecule has 2 aliphatic carbocycles. The summed E-state index contributed by atoms with van der Waals surface area (Å²) in [6, 6.07) is 6.17. The smallest absolute Gasteiger partial charge is 0.330 e. The van der Waals surface area contributed by atoms with Crippen LogP contribution in [0.3, 0.4) is 0 Å². The molecule has 0 aliphatic heterocycles. The second-order valence-electron chi connectivity index (χ2n) is 7.19. The number of carboxylic acid groups (broad SMARTS) is 1. The predicted octanol–water partition coefficient (Wildman–Crippen LogP) is 2.47. The van der Waals surface area contributed by atoms with Gasteiger partial charge in [-0.3, -0.25) is 9.79 Å². The molecule has 0 amide bonds. The number of fused-ring (bicyclic) bond motifs is 2. The number of Topliss-reactive ketones (excluding diaryl/α,β-unsaturated/α-hetero) is 1. The van der Waals surface area contributed by atoms with Gasteiger partial charge in [0.05, 0.1) is 6.61 Å². The lowest BCUT2D eigenvalue weighted by Gasteiger charge is -2.36. The van der Waals surface area contributed by atoms with Crippen LogP contribution < -0.4 is 0 Å². The van der Waals surface area contributed by atoms with E-state index in [1.165, 1.54) is 0 Å². The second kappa shape index (κ2) is 5.98. The summed E-state index contributed by atoms with van der Waals surface area (Å²) < 4.78 is 0. The molecule has 1 atom stereocenters. The number of rotatable bonds is 3. The first-order valence-corrected chi connectivity index (χ1v) is 8.12. The number of aliphatic hydroxyl groups excluding tert-OH is 1. The Hall–Kier alpha value is -2.27. The Labute approximate surface area is 140 Å². The van der Waals surface area contributed by atoms with E-state index in [0.717, 1.165) is 29.6 Å². The Morgan fingerprint density at radius 3 is 2.54 bits per heavy atom. The molecule has 1 aromatic carbocycles. The SMILES string of the molecule is CC1(C)CCC2=C(C1)c1ccccc1/C(=N/[C@@H](CO)C(=O)O)C2=O. The average Bonchev–Trinajstić information content (AvgIpc) is 2.53. The van der Waals surface area contributed by atoms with Gasteiger partial charge in [-0.05, 0) is 35.8 Å². The first-order chi connectivity index (χ1) is 11.3. The summed E-state index contributed by atoms with van der Waals surface area (Å²) in [6.45, 7) is 3.76. The fourth-order valence-electron chi connectivity index (χ4n) is 3.47. The largest absolute Gasteiger partial charge is 0.480 e. The number of aliphatic hydroxyl groups is 1. The van der Waals surface area contributed by atoms with Crippen molar-refractivity contribution in [3.8, 4) is 0 Å². The van der Waals surface area contributed by atoms with Gasteiger partial charge in [0, 0.05) is 11.1 Å². The van der Waals surface area contributed by atoms with Crippen LogP contribution in [-0.2, 0) is 9.59 Å². The number of carboxylic acids is 1. The topological polar surface area (TPSA) is 87.0 Å². The van der Waals surface area contributed by atoms with Gasteiger partial charge in [0.25, 0.3) is 0 Å². The van der Waals surface area contributed by atoms with Crippen LogP contribution in [0, 0.1) is 5.41 Å². The summed E-state index contributed by atoms with van der Waals surface area (Å²) >= 11 is 0. The van der Waals surface area contributed by atoms with Gasteiger partial charge in [0.15, 0.2) is 6.04 Å². The fraction of sp³-hybridized carbons (Fsp3) is 0.421. The first kappa shape index (κ1) is 16.6. The van der Waals surface area contributed by atoms with Crippen molar-refractivity contribution in [1.82, 2.24) is 0 Å². The zero-order valence-electron chi connectivity index (χ0n) is 13.9. The summed E-state index contributed by atoms with van der Waals surface area (Å²) in [5, 5.41) is 18.4. The van der Waals surface area contributed by atoms with Gasteiger partial charge < -0.3 is 10.2 Å². The number of carbonyl (C=O) groups is 2. The molecule has 2 N–H and O–H groups in total. The number of allylic oxidation sites excluding steroid dienone is 2. The number of carbonyl (C=O) groups excluding carboxylic acids is 1. The molecule has 0 bridgehead atoms. The third kappa shape index (κ3) is 2.80. The lowest BCUT2D eigenvalue weighted by atomic mass is 9.68. The highest BCUT2D eigenvalue weighted by Crippen LogP contribution is 2.46. The third-order valence-corrected chi connectivity index (χ3v) is 4.81. The monoisotopic (exact) mass is 327 g/mol. The fourth-order valence-corrected chi connectivity index (χ4v) is 3.47. The van der Waals surface area contributed by atoms with E-state index < -0.39 is 18.6 Å². The Kier molecular flexibility index (Phi) is 4.13. The summed E-state index contributed by atoms with van der Waals surface area (Å²) in [4.78, 5) is 28.2. The number of hydrogen-bond donors (Lipinski definition) is 2. The quantitative estimate of drug-likeness (QED) is 0.893. The first-order valence-electron chi connectivity index (χ1n) is 8.12. The van der Waals surface area contributed by atoms with E-state index in [1.807, 2.05) is 18.2 Å². The number of ketones is 1. The molecule has 3 rings (SSSR count). The summed E-state index contributed by atoms with van der Waals surface area (Å²) in [5.41, 5.74) is 3.72. The van der Waals surface area contributed by atoms with Crippen molar-refractivity contribution >= 4 is 23.0 Å². The van der Waals surface area contributed by atoms with Gasteiger partial charge in [-0.15, -0.1) is 0 Å². The number of aliphatic imine (C=N–C) groups is 1. The second-order valence-corrected chi connectivity index (χ2v) is 7.19. The normalized spacial score (nSPS) is 22.1. The lowest BCUT2D eigenvalue weighted by molar-refractivity contribution is -0.139. The zero-order valence-corrected chi connectivity index (χ0v) is 13.9. The molecule has 0 radical (unpaired) electrons. The van der Waals surface area contributed by atoms with Crippen molar-refractivity contribution in [2.75, 3.05) is 6.61 Å². The number of nitrogens with zero attached hydrogens (tertiary/aromatic N) is 1. The van der Waals surface area contributed by atoms with E-state index in [9.17, 15) is 14.7 Å². The Morgan fingerprint density at radius 2 is 1.92 bits per heavy atom. The van der Waals surface area contributed by atoms with Gasteiger partial charge in [0.1, 0.15) is 5.71 Å². The van der Waals surface area contributed by atoms with Crippen LogP contribution in [0.15, 0.2) is 34.8 Å². The van der Waals surface area contributed by atoms with Crippen molar-refractivity contribution in [1.29, 1.82) is 0 Å². The van der Waals surface area contributed by atoms with E-state index in [4.69, 9.17) is 5.11 Å². The molecule has 2 aliphatic rings. The van der Waals surface area contributed by atoms with E-state index in [2.05, 4.69) is 18.8 Å². The maximum Gasteiger partial charge on any atom is 0.330 e. The molecule has 1 aromatic rings. The molecule has 0 fully saturated rings. The van der Waals surface area contributed by atoms with Gasteiger partial charge >= 0.3 is 5.97 Å². The van der Waals surface area contributed by atoms with Gasteiger partial charge in [0.2, 0.25) is 5.78 Å². The van der Waals surface area contributed by atoms with Crippen LogP contribution in [0.25, 0.3) is 5.57 Å². The maximum atomic E-state index is 12.9. The van der Waals surface area contributed by atoms with Crippen LogP contribution in [0.5, 0.6) is 0 Å². The van der Waals surface area contributed by atoms with Crippen molar-refractivity contribution in [3.05, 3.63) is 41.0 Å². The van der Waals surface area contributed by atoms with Gasteiger partial charge in [-0.1, -0.05) is 38.1 Å². The van der Waals surface area contributed by atoms with Crippen molar-refractivity contribution in [2.24, 2.45) is 10.4 Å². The number of hydrogen-bond acceptors (Lipinski definition) is 4. The zero-order chi connectivity index (χ0) is 17.5. The Balaban J connectivity index is 2.17. The van der Waals surface area contributed by atoms with E-state index >= 15 is 0 Å². The molecule has 0 aromatic heterocycles. The molecule has 24 heavy (non-hydrogen) atoms. The van der Waals surface area contributed by atoms with Crippen LogP contribution in [0.4, 0.5) is 0 Å². The lowest BCUT2D eigenvalue weighted by Crippen LogP contribution is -2.33. The Morgan fingerprint density at radius 1 is 1.25 bits per heavy atom. The minimum absolute atomic E-state index is 0.134. The molecule has 0 saturated heterocycles. The number of aliphatic carboxylic acids is 1. The molecule has 0 unspecified atom stereocenters. The molecular formula is C19H21NO4. The van der Waals surface area contributed by atoms with Crippen molar-refractivity contribution < 1.29 is 19.8 Å². The molecule has 5 nitrogen and oxygen atoms in total. The minimum atomic E-state index is -1.32. The van der Waals surface area contributed by atoms with E-state index in [-0.39, 0.29) is 16.9 Å². The van der Waals surface area contributed by atoms with E-state index in [1.54, 1.807) is 6.07 Å². The molecule has 5 heteroatoms. The highest BCUT2D eigenvalue weighted by atomic mass is 16.4. The maximum absolute atomic E-state index is 12.9. The van der Waals surface area contributed by atoms with Gasteiger partial charge in [-0.25, -0.2) is 4.79 Å². The predicted molar refractivity (Wildman–Crippen MR) is 91.0 cm³/mol. The van der Waals surface area contributed by atoms with Crippen LogP contribution in [0.1, 0.15) is 44.2 Å². The molecule has 0 heterocycles. The highest BCUT2D eigenvalue weighted by molar-refractivity contribution is 6.54. The van der Waals surface area contributed by atoms with Crippen molar-refractivity contribution in [3.63, 3.8) is 0 Å². The molecule has 0 spiro atoms. The van der Waals surface area contributed by atoms with Crippen molar-refractivity contribution in [2.45, 2.75) is 39.2 Å². The average molecular weight is 327 g/mol. The summed E-state index contributed by atoms with van der Waals surface area (Å²) in [7, 11) is 0. The van der Waals surface area contributed by atoms with Crippen LogP contribution in [-0.4, -0.2) is 40.3 Å². The van der Waals surface area contributed by atoms with Crippen LogP contribution in [0.2, 0.25) is 0 Å². The Bertz CT molecular complexity index is 773. The standard InChI is InChI=1S/C19H21NO4/c1-19(2)8-7-13-14(9-19)11-5-3-4-6-12(11)16(17(13)22)20-15(10-21)18(23)24/h3-6,15,21H,7-10H2,1-2H3,(H,23,24)/b20-16-/t15-/m0/s1. The van der Waals surface area contributed by atoms with Gasteiger partial charge in [-0.2, -0.15) is 0 Å². The molecule has 0 saturated carbocycles. The minimum Gasteiger partial charge on any atom is -0.480 e. The summed E-state index contributed by atoms with van der Waals surface area (Å²) in [6.07, 6.45) is 2.40. The highest BCUT2D eigenvalue weighted by Gasteiger charge is 2.37. The molecular weight excluding hydrogens is 306 g/mol. The van der Waals surface area contributed by atoms with E-state index in [0.29, 0.717) is 12.0 Å². The molecule has 126 valence electrons.